The molecule has 1 aromatic carbocycles. The number of halogens is 1. The van der Waals surface area contributed by atoms with Crippen molar-refractivity contribution in [3.63, 3.8) is 0 Å². The number of benzene rings is 1. The maximum absolute atomic E-state index is 13.3. The molecule has 90 valence electrons. The molecule has 0 aromatic heterocycles. The van der Waals surface area contributed by atoms with E-state index in [2.05, 4.69) is 5.32 Å². The smallest absolute Gasteiger partial charge is 0.143 e. The topological polar surface area (TPSA) is 56.0 Å². The van der Waals surface area contributed by atoms with E-state index < -0.39 is 5.82 Å². The summed E-state index contributed by atoms with van der Waals surface area (Å²) in [5.41, 5.74) is 0.548. The van der Waals surface area contributed by atoms with E-state index in [1.165, 1.54) is 6.07 Å². The van der Waals surface area contributed by atoms with Crippen molar-refractivity contribution < 1.29 is 9.50 Å². The Balaban J connectivity index is 2.04. The van der Waals surface area contributed by atoms with Crippen LogP contribution in [0.4, 0.5) is 10.1 Å². The molecule has 1 saturated carbocycles. The van der Waals surface area contributed by atoms with Gasteiger partial charge in [-0.3, -0.25) is 0 Å². The molecule has 1 fully saturated rings. The van der Waals surface area contributed by atoms with Gasteiger partial charge in [-0.25, -0.2) is 4.39 Å². The molecule has 0 amide bonds. The van der Waals surface area contributed by atoms with Crippen molar-refractivity contribution >= 4 is 5.69 Å². The van der Waals surface area contributed by atoms with Gasteiger partial charge in [0.05, 0.1) is 11.8 Å². The summed E-state index contributed by atoms with van der Waals surface area (Å²) in [6.45, 7) is 0.583. The molecule has 2 N–H and O–H groups in total. The molecular weight excluding hydrogens is 219 g/mol. The van der Waals surface area contributed by atoms with Crippen molar-refractivity contribution in [3.8, 4) is 6.07 Å². The first kappa shape index (κ1) is 11.9. The van der Waals surface area contributed by atoms with Crippen molar-refractivity contribution in [2.45, 2.75) is 25.4 Å². The summed E-state index contributed by atoms with van der Waals surface area (Å²) in [6.07, 6.45) is 2.56. The minimum Gasteiger partial charge on any atom is -0.393 e. The van der Waals surface area contributed by atoms with Crippen molar-refractivity contribution in [3.05, 3.63) is 29.6 Å². The zero-order chi connectivity index (χ0) is 12.3. The zero-order valence-electron chi connectivity index (χ0n) is 9.49. The molecule has 1 aliphatic rings. The van der Waals surface area contributed by atoms with Gasteiger partial charge < -0.3 is 10.4 Å². The Morgan fingerprint density at radius 3 is 2.94 bits per heavy atom. The van der Waals surface area contributed by atoms with E-state index in [1.54, 1.807) is 12.1 Å². The number of nitrogens with zero attached hydrogens (tertiary/aromatic N) is 1. The number of nitrogens with one attached hydrogen (secondary N) is 1. The molecule has 0 bridgehead atoms. The lowest BCUT2D eigenvalue weighted by molar-refractivity contribution is 0.138. The number of aliphatic hydroxyl groups excluding tert-OH is 1. The van der Waals surface area contributed by atoms with Crippen LogP contribution in [-0.2, 0) is 0 Å². The van der Waals surface area contributed by atoms with Crippen molar-refractivity contribution in [2.75, 3.05) is 11.9 Å². The molecule has 0 aliphatic heterocycles. The van der Waals surface area contributed by atoms with Crippen LogP contribution in [0.3, 0.4) is 0 Å². The highest BCUT2D eigenvalue weighted by atomic mass is 19.1. The second-order valence-electron chi connectivity index (χ2n) is 4.41. The molecule has 0 spiro atoms. The summed E-state index contributed by atoms with van der Waals surface area (Å²) in [5, 5.41) is 21.6. The quantitative estimate of drug-likeness (QED) is 0.843. The Labute approximate surface area is 99.9 Å². The van der Waals surface area contributed by atoms with E-state index in [0.29, 0.717) is 12.2 Å². The van der Waals surface area contributed by atoms with E-state index in [9.17, 15) is 9.50 Å². The molecule has 2 unspecified atom stereocenters. The molecule has 1 aliphatic carbocycles. The first-order chi connectivity index (χ1) is 8.22. The second-order valence-corrected chi connectivity index (χ2v) is 4.41. The van der Waals surface area contributed by atoms with Crippen LogP contribution in [0.1, 0.15) is 24.8 Å². The van der Waals surface area contributed by atoms with Crippen LogP contribution in [-0.4, -0.2) is 17.8 Å². The van der Waals surface area contributed by atoms with Crippen molar-refractivity contribution in [2.24, 2.45) is 5.92 Å². The monoisotopic (exact) mass is 234 g/mol. The van der Waals surface area contributed by atoms with Crippen LogP contribution >= 0.6 is 0 Å². The van der Waals surface area contributed by atoms with Crippen molar-refractivity contribution in [1.29, 1.82) is 5.26 Å². The minimum absolute atomic E-state index is 0.0417. The lowest BCUT2D eigenvalue weighted by Crippen LogP contribution is -2.22. The van der Waals surface area contributed by atoms with Crippen molar-refractivity contribution in [1.82, 2.24) is 0 Å². The number of rotatable bonds is 3. The molecule has 0 saturated heterocycles. The molecule has 3 nitrogen and oxygen atoms in total. The second kappa shape index (κ2) is 5.15. The van der Waals surface area contributed by atoms with Crippen LogP contribution in [0, 0.1) is 23.1 Å². The van der Waals surface area contributed by atoms with Crippen LogP contribution in [0.2, 0.25) is 0 Å². The number of hydrogen-bond acceptors (Lipinski definition) is 3. The highest BCUT2D eigenvalue weighted by Crippen LogP contribution is 2.26. The number of aliphatic hydroxyl groups is 1. The van der Waals surface area contributed by atoms with Gasteiger partial charge in [0.2, 0.25) is 0 Å². The first-order valence-corrected chi connectivity index (χ1v) is 5.83. The van der Waals surface area contributed by atoms with E-state index in [0.717, 1.165) is 19.3 Å². The third-order valence-corrected chi connectivity index (χ3v) is 3.30. The third kappa shape index (κ3) is 2.56. The number of anilines is 1. The summed E-state index contributed by atoms with van der Waals surface area (Å²) in [5.74, 6) is -0.311. The van der Waals surface area contributed by atoms with E-state index in [-0.39, 0.29) is 17.6 Å². The predicted molar refractivity (Wildman–Crippen MR) is 63.0 cm³/mol. The summed E-state index contributed by atoms with van der Waals surface area (Å²) in [6, 6.07) is 6.38. The highest BCUT2D eigenvalue weighted by molar-refractivity contribution is 5.57. The van der Waals surface area contributed by atoms with Gasteiger partial charge in [-0.1, -0.05) is 12.5 Å². The molecule has 0 heterocycles. The molecular formula is C13H15FN2O. The Hall–Kier alpha value is -1.60. The number of hydrogen-bond donors (Lipinski definition) is 2. The van der Waals surface area contributed by atoms with Gasteiger partial charge in [0.15, 0.2) is 0 Å². The van der Waals surface area contributed by atoms with Crippen LogP contribution in [0.5, 0.6) is 0 Å². The van der Waals surface area contributed by atoms with Crippen LogP contribution in [0.15, 0.2) is 18.2 Å². The first-order valence-electron chi connectivity index (χ1n) is 5.83. The highest BCUT2D eigenvalue weighted by Gasteiger charge is 2.25. The van der Waals surface area contributed by atoms with Gasteiger partial charge in [-0.2, -0.15) is 5.26 Å². The lowest BCUT2D eigenvalue weighted by Gasteiger charge is -2.16. The van der Waals surface area contributed by atoms with Crippen LogP contribution in [0.25, 0.3) is 0 Å². The average molecular weight is 234 g/mol. The van der Waals surface area contributed by atoms with Gasteiger partial charge in [-0.15, -0.1) is 0 Å². The minimum atomic E-state index is -0.510. The van der Waals surface area contributed by atoms with Gasteiger partial charge in [-0.05, 0) is 25.0 Å². The van der Waals surface area contributed by atoms with E-state index in [4.69, 9.17) is 5.26 Å². The molecule has 1 aromatic rings. The van der Waals surface area contributed by atoms with Gasteiger partial charge in [0, 0.05) is 12.5 Å². The van der Waals surface area contributed by atoms with Gasteiger partial charge in [0.25, 0.3) is 0 Å². The zero-order valence-corrected chi connectivity index (χ0v) is 9.49. The Bertz CT molecular complexity index is 442. The molecule has 17 heavy (non-hydrogen) atoms. The van der Waals surface area contributed by atoms with Crippen LogP contribution < -0.4 is 5.32 Å². The Morgan fingerprint density at radius 1 is 1.47 bits per heavy atom. The summed E-state index contributed by atoms with van der Waals surface area (Å²) in [7, 11) is 0. The normalized spacial score (nSPS) is 23.4. The molecule has 2 atom stereocenters. The SMILES string of the molecule is N#Cc1c(F)cccc1NCC1CCCC1O. The summed E-state index contributed by atoms with van der Waals surface area (Å²) < 4.78 is 13.3. The van der Waals surface area contributed by atoms with E-state index >= 15 is 0 Å². The molecule has 0 radical (unpaired) electrons. The average Bonchev–Trinajstić information content (AvgIpc) is 2.72. The maximum Gasteiger partial charge on any atom is 0.143 e. The summed E-state index contributed by atoms with van der Waals surface area (Å²) in [4.78, 5) is 0. The number of nitriles is 1. The fraction of sp³-hybridized carbons (Fsp3) is 0.462. The lowest BCUT2D eigenvalue weighted by atomic mass is 10.1. The Kier molecular flexibility index (Phi) is 3.60. The maximum atomic E-state index is 13.3. The fourth-order valence-corrected chi connectivity index (χ4v) is 2.28. The largest absolute Gasteiger partial charge is 0.393 e. The standard InChI is InChI=1S/C13H15FN2O/c14-11-4-2-5-12(10(11)7-15)16-8-9-3-1-6-13(9)17/h2,4-5,9,13,16-17H,1,3,6,8H2. The predicted octanol–water partition coefficient (Wildman–Crippen LogP) is 2.27. The molecule has 2 rings (SSSR count). The Morgan fingerprint density at radius 2 is 2.29 bits per heavy atom. The van der Waals surface area contributed by atoms with Gasteiger partial charge >= 0.3 is 0 Å². The van der Waals surface area contributed by atoms with Gasteiger partial charge in [0.1, 0.15) is 17.4 Å². The fourth-order valence-electron chi connectivity index (χ4n) is 2.28. The summed E-state index contributed by atoms with van der Waals surface area (Å²) >= 11 is 0. The third-order valence-electron chi connectivity index (χ3n) is 3.30. The molecule has 4 heteroatoms. The van der Waals surface area contributed by atoms with E-state index in [1.807, 2.05) is 6.07 Å².